The Morgan fingerprint density at radius 1 is 1.03 bits per heavy atom. The molecule has 34 heavy (non-hydrogen) atoms. The van der Waals surface area contributed by atoms with Crippen molar-refractivity contribution >= 4 is 23.7 Å². The van der Waals surface area contributed by atoms with Crippen LogP contribution < -0.4 is 21.7 Å². The van der Waals surface area contributed by atoms with Gasteiger partial charge >= 0.3 is 5.97 Å². The van der Waals surface area contributed by atoms with Crippen LogP contribution in [0.4, 0.5) is 0 Å². The summed E-state index contributed by atoms with van der Waals surface area (Å²) in [5.74, 6) is -3.40. The number of benzene rings is 1. The highest BCUT2D eigenvalue weighted by molar-refractivity contribution is 5.94. The van der Waals surface area contributed by atoms with Crippen LogP contribution in [0, 0.1) is 5.92 Å². The van der Waals surface area contributed by atoms with Gasteiger partial charge in [-0.2, -0.15) is 0 Å². The number of phenolic OH excluding ortho intramolecular Hbond substituents is 1. The van der Waals surface area contributed by atoms with Crippen molar-refractivity contribution < 1.29 is 29.4 Å². The van der Waals surface area contributed by atoms with Gasteiger partial charge in [0.15, 0.2) is 0 Å². The third-order valence-electron chi connectivity index (χ3n) is 5.00. The Kier molecular flexibility index (Phi) is 9.56. The number of carbonyl (C=O) groups excluding carboxylic acids is 3. The molecule has 1 heterocycles. The maximum Gasteiger partial charge on any atom is 0.322 e. The summed E-state index contributed by atoms with van der Waals surface area (Å²) in [5, 5.41) is 25.8. The Hall–Kier alpha value is -3.93. The quantitative estimate of drug-likeness (QED) is 0.204. The van der Waals surface area contributed by atoms with Gasteiger partial charge in [-0.05, 0) is 23.6 Å². The predicted molar refractivity (Wildman–Crippen MR) is 121 cm³/mol. The van der Waals surface area contributed by atoms with Gasteiger partial charge in [0.25, 0.3) is 0 Å². The number of nitrogens with one attached hydrogen (secondary N) is 4. The number of hydrogen-bond donors (Lipinski definition) is 7. The smallest absolute Gasteiger partial charge is 0.322 e. The first-order valence-electron chi connectivity index (χ1n) is 10.7. The number of carbonyl (C=O) groups is 4. The molecule has 12 heteroatoms. The molecular formula is C22H30N6O6. The first-order valence-corrected chi connectivity index (χ1v) is 10.7. The van der Waals surface area contributed by atoms with E-state index in [1.165, 1.54) is 18.5 Å². The Labute approximate surface area is 196 Å². The van der Waals surface area contributed by atoms with Gasteiger partial charge in [-0.25, -0.2) is 4.98 Å². The van der Waals surface area contributed by atoms with Crippen LogP contribution in [0.1, 0.15) is 25.1 Å². The Morgan fingerprint density at radius 3 is 2.26 bits per heavy atom. The number of amides is 3. The topological polar surface area (TPSA) is 200 Å². The molecule has 184 valence electrons. The van der Waals surface area contributed by atoms with Crippen molar-refractivity contribution in [2.45, 2.75) is 44.8 Å². The zero-order chi connectivity index (χ0) is 25.3. The van der Waals surface area contributed by atoms with Crippen LogP contribution in [-0.4, -0.2) is 68.5 Å². The number of aromatic amines is 1. The Morgan fingerprint density at radius 2 is 1.71 bits per heavy atom. The molecule has 3 amide bonds. The van der Waals surface area contributed by atoms with E-state index in [1.807, 2.05) is 0 Å². The summed E-state index contributed by atoms with van der Waals surface area (Å²) in [4.78, 5) is 55.8. The maximum absolute atomic E-state index is 13.0. The Balaban J connectivity index is 2.11. The average molecular weight is 475 g/mol. The molecule has 0 spiro atoms. The minimum atomic E-state index is -1.23. The summed E-state index contributed by atoms with van der Waals surface area (Å²) >= 11 is 0. The van der Waals surface area contributed by atoms with Crippen LogP contribution in [0.15, 0.2) is 36.8 Å². The second-order valence-corrected chi connectivity index (χ2v) is 8.16. The maximum atomic E-state index is 13.0. The number of nitrogens with two attached hydrogens (primary N) is 1. The van der Waals surface area contributed by atoms with Gasteiger partial charge in [0.05, 0.1) is 12.4 Å². The number of aliphatic carboxylic acids is 1. The summed E-state index contributed by atoms with van der Waals surface area (Å²) in [6, 6.07) is 2.98. The van der Waals surface area contributed by atoms with Gasteiger partial charge in [-0.15, -0.1) is 0 Å². The number of aromatic hydroxyl groups is 1. The van der Waals surface area contributed by atoms with E-state index >= 15 is 0 Å². The lowest BCUT2D eigenvalue weighted by Crippen LogP contribution is -2.58. The molecular weight excluding hydrogens is 444 g/mol. The van der Waals surface area contributed by atoms with Gasteiger partial charge in [-0.3, -0.25) is 19.2 Å². The predicted octanol–water partition coefficient (Wildman–Crippen LogP) is -0.946. The summed E-state index contributed by atoms with van der Waals surface area (Å²) in [6.45, 7) is 2.84. The second kappa shape index (κ2) is 12.3. The summed E-state index contributed by atoms with van der Waals surface area (Å²) in [5.41, 5.74) is 7.25. The van der Waals surface area contributed by atoms with E-state index in [0.717, 1.165) is 0 Å². The largest absolute Gasteiger partial charge is 0.508 e. The zero-order valence-electron chi connectivity index (χ0n) is 18.9. The summed E-state index contributed by atoms with van der Waals surface area (Å²) < 4.78 is 0. The number of carboxylic acids is 1. The fourth-order valence-electron chi connectivity index (χ4n) is 3.15. The molecule has 0 aliphatic rings. The highest BCUT2D eigenvalue weighted by Crippen LogP contribution is 2.12. The van der Waals surface area contributed by atoms with Crippen LogP contribution in [0.5, 0.6) is 5.75 Å². The lowest BCUT2D eigenvalue weighted by atomic mass is 10.00. The van der Waals surface area contributed by atoms with Crippen molar-refractivity contribution in [1.82, 2.24) is 25.9 Å². The lowest BCUT2D eigenvalue weighted by molar-refractivity contribution is -0.138. The highest BCUT2D eigenvalue weighted by Gasteiger charge is 2.30. The van der Waals surface area contributed by atoms with Crippen molar-refractivity contribution in [3.63, 3.8) is 0 Å². The summed E-state index contributed by atoms with van der Waals surface area (Å²) in [6.07, 6.45) is 3.24. The van der Waals surface area contributed by atoms with Gasteiger partial charge < -0.3 is 36.9 Å². The van der Waals surface area contributed by atoms with Crippen molar-refractivity contribution in [3.05, 3.63) is 48.0 Å². The first-order chi connectivity index (χ1) is 16.1. The molecule has 0 saturated heterocycles. The number of phenols is 1. The van der Waals surface area contributed by atoms with E-state index in [4.69, 9.17) is 10.8 Å². The molecule has 0 aliphatic heterocycles. The number of aromatic nitrogens is 2. The fourth-order valence-corrected chi connectivity index (χ4v) is 3.15. The number of hydrogen-bond acceptors (Lipinski definition) is 7. The van der Waals surface area contributed by atoms with E-state index in [1.54, 1.807) is 32.2 Å². The standard InChI is InChI=1S/C22H30N6O6/c1-12(2)19(28-20(32)16(23)8-14-9-24-11-26-14)22(34)27-17(21(33)25-10-18(30)31)7-13-3-5-15(29)6-4-13/h3-6,9,11-12,16-17,19,29H,7-8,10,23H2,1-2H3,(H,24,26)(H,25,33)(H,27,34)(H,28,32)(H,30,31). The fraction of sp³-hybridized carbons (Fsp3) is 0.409. The van der Waals surface area contributed by atoms with Crippen LogP contribution in [0.2, 0.25) is 0 Å². The monoisotopic (exact) mass is 474 g/mol. The van der Waals surface area contributed by atoms with Gasteiger partial charge in [0.1, 0.15) is 24.4 Å². The highest BCUT2D eigenvalue weighted by atomic mass is 16.4. The number of carboxylic acid groups (broad SMARTS) is 1. The van der Waals surface area contributed by atoms with E-state index in [-0.39, 0.29) is 24.5 Å². The molecule has 0 saturated carbocycles. The van der Waals surface area contributed by atoms with Crippen LogP contribution in [-0.2, 0) is 32.0 Å². The lowest BCUT2D eigenvalue weighted by Gasteiger charge is -2.26. The minimum absolute atomic E-state index is 0.0358. The molecule has 8 N–H and O–H groups in total. The molecule has 0 aliphatic carbocycles. The van der Waals surface area contributed by atoms with Gasteiger partial charge in [0.2, 0.25) is 17.7 Å². The van der Waals surface area contributed by atoms with Gasteiger partial charge in [-0.1, -0.05) is 26.0 Å². The van der Waals surface area contributed by atoms with Crippen LogP contribution in [0.3, 0.4) is 0 Å². The SMILES string of the molecule is CC(C)C(NC(=O)C(N)Cc1cnc[nH]1)C(=O)NC(Cc1ccc(O)cc1)C(=O)NCC(=O)O. The zero-order valence-corrected chi connectivity index (χ0v) is 18.9. The number of nitrogens with zero attached hydrogens (tertiary/aromatic N) is 1. The molecule has 0 radical (unpaired) electrons. The van der Waals surface area contributed by atoms with Crippen molar-refractivity contribution in [3.8, 4) is 5.75 Å². The third kappa shape index (κ3) is 8.20. The molecule has 0 bridgehead atoms. The second-order valence-electron chi connectivity index (χ2n) is 8.16. The summed E-state index contributed by atoms with van der Waals surface area (Å²) in [7, 11) is 0. The number of H-pyrrole nitrogens is 1. The molecule has 2 rings (SSSR count). The molecule has 1 aromatic carbocycles. The minimum Gasteiger partial charge on any atom is -0.508 e. The van der Waals surface area contributed by atoms with E-state index in [2.05, 4.69) is 25.9 Å². The van der Waals surface area contributed by atoms with E-state index in [9.17, 15) is 24.3 Å². The molecule has 3 atom stereocenters. The van der Waals surface area contributed by atoms with E-state index in [0.29, 0.717) is 11.3 Å². The molecule has 3 unspecified atom stereocenters. The number of rotatable bonds is 12. The number of imidazole rings is 1. The van der Waals surface area contributed by atoms with Crippen molar-refractivity contribution in [2.24, 2.45) is 11.7 Å². The first kappa shape index (κ1) is 26.3. The van der Waals surface area contributed by atoms with E-state index < -0.39 is 48.4 Å². The molecule has 1 aromatic heterocycles. The molecule has 2 aromatic rings. The average Bonchev–Trinajstić information content (AvgIpc) is 3.29. The van der Waals surface area contributed by atoms with Crippen molar-refractivity contribution in [2.75, 3.05) is 6.54 Å². The molecule has 0 fully saturated rings. The van der Waals surface area contributed by atoms with Crippen LogP contribution >= 0.6 is 0 Å². The van der Waals surface area contributed by atoms with Crippen LogP contribution in [0.25, 0.3) is 0 Å². The molecule has 12 nitrogen and oxygen atoms in total. The van der Waals surface area contributed by atoms with Gasteiger partial charge in [0, 0.05) is 24.7 Å². The van der Waals surface area contributed by atoms with Crippen molar-refractivity contribution in [1.29, 1.82) is 0 Å². The Bertz CT molecular complexity index is 976. The normalized spacial score (nSPS) is 13.5. The third-order valence-corrected chi connectivity index (χ3v) is 5.00.